The number of aromatic nitrogens is 2. The van der Waals surface area contributed by atoms with E-state index in [9.17, 15) is 0 Å². The van der Waals surface area contributed by atoms with Gasteiger partial charge in [0.1, 0.15) is 5.65 Å². The molecule has 4 rings (SSSR count). The summed E-state index contributed by atoms with van der Waals surface area (Å²) in [6.45, 7) is 0. The smallest absolute Gasteiger partial charge is 0.137 e. The molecule has 1 aromatic carbocycles. The van der Waals surface area contributed by atoms with Gasteiger partial charge in [0, 0.05) is 16.4 Å². The first-order valence-electron chi connectivity index (χ1n) is 7.01. The van der Waals surface area contributed by atoms with Gasteiger partial charge in [0.05, 0.1) is 5.69 Å². The highest BCUT2D eigenvalue weighted by Crippen LogP contribution is 2.33. The first-order chi connectivity index (χ1) is 9.81. The first-order valence-corrected chi connectivity index (χ1v) is 7.81. The third-order valence-electron chi connectivity index (χ3n) is 4.20. The van der Waals surface area contributed by atoms with E-state index in [4.69, 9.17) is 4.98 Å². The van der Waals surface area contributed by atoms with Crippen LogP contribution >= 0.6 is 15.9 Å². The SMILES string of the molecule is Brc1ccc2nc3c(n2c1)CC(c1ccccc1)CC3. The van der Waals surface area contributed by atoms with E-state index in [0.717, 1.165) is 23.0 Å². The molecule has 1 aliphatic rings. The van der Waals surface area contributed by atoms with Crippen LogP contribution in [0, 0.1) is 0 Å². The van der Waals surface area contributed by atoms with Crippen molar-refractivity contribution in [1.29, 1.82) is 0 Å². The quantitative estimate of drug-likeness (QED) is 0.649. The van der Waals surface area contributed by atoms with Crippen LogP contribution in [0.5, 0.6) is 0 Å². The highest BCUT2D eigenvalue weighted by atomic mass is 79.9. The Balaban J connectivity index is 1.78. The second-order valence-corrected chi connectivity index (χ2v) is 6.35. The predicted octanol–water partition coefficient (Wildman–Crippen LogP) is 4.37. The van der Waals surface area contributed by atoms with Crippen molar-refractivity contribution in [3.05, 3.63) is 70.1 Å². The normalized spacial score (nSPS) is 18.1. The largest absolute Gasteiger partial charge is 0.303 e. The number of hydrogen-bond acceptors (Lipinski definition) is 1. The van der Waals surface area contributed by atoms with Gasteiger partial charge in [0.25, 0.3) is 0 Å². The van der Waals surface area contributed by atoms with Crippen molar-refractivity contribution in [1.82, 2.24) is 9.38 Å². The van der Waals surface area contributed by atoms with Gasteiger partial charge in [-0.2, -0.15) is 0 Å². The second-order valence-electron chi connectivity index (χ2n) is 5.43. The number of fused-ring (bicyclic) bond motifs is 3. The van der Waals surface area contributed by atoms with Gasteiger partial charge in [0.2, 0.25) is 0 Å². The van der Waals surface area contributed by atoms with Gasteiger partial charge in [-0.1, -0.05) is 30.3 Å². The monoisotopic (exact) mass is 326 g/mol. The zero-order valence-electron chi connectivity index (χ0n) is 11.1. The molecule has 0 amide bonds. The molecule has 0 radical (unpaired) electrons. The minimum Gasteiger partial charge on any atom is -0.303 e. The lowest BCUT2D eigenvalue weighted by Crippen LogP contribution is -2.13. The fraction of sp³-hybridized carbons (Fsp3) is 0.235. The van der Waals surface area contributed by atoms with Crippen LogP contribution in [-0.4, -0.2) is 9.38 Å². The van der Waals surface area contributed by atoms with Crippen molar-refractivity contribution >= 4 is 21.6 Å². The van der Waals surface area contributed by atoms with Gasteiger partial charge in [-0.05, 0) is 58.8 Å². The molecule has 1 aliphatic carbocycles. The van der Waals surface area contributed by atoms with E-state index in [1.54, 1.807) is 0 Å². The summed E-state index contributed by atoms with van der Waals surface area (Å²) in [6.07, 6.45) is 5.49. The van der Waals surface area contributed by atoms with Crippen molar-refractivity contribution in [2.75, 3.05) is 0 Å². The maximum absolute atomic E-state index is 4.76. The number of rotatable bonds is 1. The summed E-state index contributed by atoms with van der Waals surface area (Å²) in [5, 5.41) is 0. The Morgan fingerprint density at radius 3 is 2.80 bits per heavy atom. The van der Waals surface area contributed by atoms with Crippen LogP contribution in [0.4, 0.5) is 0 Å². The molecule has 0 saturated heterocycles. The molecule has 0 saturated carbocycles. The molecule has 2 aromatic heterocycles. The number of nitrogens with zero attached hydrogens (tertiary/aromatic N) is 2. The molecular weight excluding hydrogens is 312 g/mol. The number of hydrogen-bond donors (Lipinski definition) is 0. The molecule has 0 bridgehead atoms. The average molecular weight is 327 g/mol. The maximum Gasteiger partial charge on any atom is 0.137 e. The van der Waals surface area contributed by atoms with Crippen molar-refractivity contribution in [3.8, 4) is 0 Å². The number of imidazole rings is 1. The summed E-state index contributed by atoms with van der Waals surface area (Å²) in [7, 11) is 0. The van der Waals surface area contributed by atoms with Gasteiger partial charge in [-0.3, -0.25) is 0 Å². The zero-order valence-corrected chi connectivity index (χ0v) is 12.7. The molecule has 0 fully saturated rings. The van der Waals surface area contributed by atoms with Crippen molar-refractivity contribution in [2.45, 2.75) is 25.2 Å². The fourth-order valence-electron chi connectivity index (χ4n) is 3.19. The molecule has 3 aromatic rings. The lowest BCUT2D eigenvalue weighted by atomic mass is 9.84. The average Bonchev–Trinajstić information content (AvgIpc) is 2.85. The Labute approximate surface area is 126 Å². The molecule has 0 spiro atoms. The topological polar surface area (TPSA) is 17.3 Å². The van der Waals surface area contributed by atoms with Crippen molar-refractivity contribution < 1.29 is 0 Å². The molecule has 100 valence electrons. The summed E-state index contributed by atoms with van der Waals surface area (Å²) >= 11 is 3.56. The molecule has 0 N–H and O–H groups in total. The van der Waals surface area contributed by atoms with E-state index >= 15 is 0 Å². The fourth-order valence-corrected chi connectivity index (χ4v) is 3.53. The van der Waals surface area contributed by atoms with Gasteiger partial charge >= 0.3 is 0 Å². The van der Waals surface area contributed by atoms with Crippen LogP contribution < -0.4 is 0 Å². The minimum absolute atomic E-state index is 0.614. The molecule has 0 aliphatic heterocycles. The summed E-state index contributed by atoms with van der Waals surface area (Å²) in [5.41, 5.74) is 5.16. The van der Waals surface area contributed by atoms with E-state index in [2.05, 4.69) is 69.0 Å². The number of halogens is 1. The van der Waals surface area contributed by atoms with Gasteiger partial charge in [0.15, 0.2) is 0 Å². The molecule has 1 unspecified atom stereocenters. The molecule has 1 atom stereocenters. The zero-order chi connectivity index (χ0) is 13.5. The maximum atomic E-state index is 4.76. The van der Waals surface area contributed by atoms with Gasteiger partial charge in [-0.15, -0.1) is 0 Å². The Morgan fingerprint density at radius 1 is 1.10 bits per heavy atom. The van der Waals surface area contributed by atoms with Gasteiger partial charge in [-0.25, -0.2) is 4.98 Å². The molecule has 2 nitrogen and oxygen atoms in total. The van der Waals surface area contributed by atoms with E-state index in [-0.39, 0.29) is 0 Å². The third kappa shape index (κ3) is 1.97. The van der Waals surface area contributed by atoms with E-state index in [0.29, 0.717) is 5.92 Å². The highest BCUT2D eigenvalue weighted by Gasteiger charge is 2.24. The van der Waals surface area contributed by atoms with Crippen LogP contribution in [-0.2, 0) is 12.8 Å². The third-order valence-corrected chi connectivity index (χ3v) is 4.67. The lowest BCUT2D eigenvalue weighted by molar-refractivity contribution is 0.567. The van der Waals surface area contributed by atoms with Crippen molar-refractivity contribution in [3.63, 3.8) is 0 Å². The predicted molar refractivity (Wildman–Crippen MR) is 84.1 cm³/mol. The Morgan fingerprint density at radius 2 is 1.95 bits per heavy atom. The number of aryl methyl sites for hydroxylation is 1. The van der Waals surface area contributed by atoms with Crippen LogP contribution in [0.25, 0.3) is 5.65 Å². The lowest BCUT2D eigenvalue weighted by Gasteiger charge is -2.22. The van der Waals surface area contributed by atoms with Crippen LogP contribution in [0.2, 0.25) is 0 Å². The summed E-state index contributed by atoms with van der Waals surface area (Å²) in [5.74, 6) is 0.614. The van der Waals surface area contributed by atoms with E-state index < -0.39 is 0 Å². The summed E-state index contributed by atoms with van der Waals surface area (Å²) < 4.78 is 3.35. The summed E-state index contributed by atoms with van der Waals surface area (Å²) in [6, 6.07) is 15.0. The Hall–Kier alpha value is -1.61. The van der Waals surface area contributed by atoms with E-state index in [1.165, 1.54) is 23.4 Å². The Bertz CT molecular complexity index is 761. The molecule has 20 heavy (non-hydrogen) atoms. The second kappa shape index (κ2) is 4.74. The van der Waals surface area contributed by atoms with Gasteiger partial charge < -0.3 is 4.40 Å². The van der Waals surface area contributed by atoms with Crippen LogP contribution in [0.3, 0.4) is 0 Å². The van der Waals surface area contributed by atoms with Crippen molar-refractivity contribution in [2.24, 2.45) is 0 Å². The minimum atomic E-state index is 0.614. The highest BCUT2D eigenvalue weighted by molar-refractivity contribution is 9.10. The van der Waals surface area contributed by atoms with E-state index in [1.807, 2.05) is 0 Å². The Kier molecular flexibility index (Phi) is 2.88. The molecule has 3 heteroatoms. The molecular formula is C17H15BrN2. The summed E-state index contributed by atoms with van der Waals surface area (Å²) in [4.78, 5) is 4.76. The standard InChI is InChI=1S/C17H15BrN2/c18-14-7-9-17-19-15-8-6-13(10-16(15)20(17)11-14)12-4-2-1-3-5-12/h1-5,7,9,11,13H,6,8,10H2. The van der Waals surface area contributed by atoms with Crippen LogP contribution in [0.1, 0.15) is 29.3 Å². The molecule has 2 heterocycles. The number of benzene rings is 1. The number of pyridine rings is 1. The van der Waals surface area contributed by atoms with Crippen LogP contribution in [0.15, 0.2) is 53.1 Å². The first kappa shape index (κ1) is 12.2.